The van der Waals surface area contributed by atoms with Gasteiger partial charge in [-0.2, -0.15) is 0 Å². The highest BCUT2D eigenvalue weighted by molar-refractivity contribution is 5.32. The van der Waals surface area contributed by atoms with Gasteiger partial charge in [0.15, 0.2) is 5.75 Å². The smallest absolute Gasteiger partial charge is 0.256 e. The van der Waals surface area contributed by atoms with Crippen molar-refractivity contribution in [1.29, 1.82) is 0 Å². The number of aromatic nitrogens is 1. The largest absolute Gasteiger partial charge is 0.488 e. The summed E-state index contributed by atoms with van der Waals surface area (Å²) >= 11 is 0. The third kappa shape index (κ3) is 5.89. The van der Waals surface area contributed by atoms with E-state index in [4.69, 9.17) is 9.47 Å². The summed E-state index contributed by atoms with van der Waals surface area (Å²) in [6.07, 6.45) is 8.70. The summed E-state index contributed by atoms with van der Waals surface area (Å²) < 4.78 is 11.4. The van der Waals surface area contributed by atoms with Crippen LogP contribution in [-0.2, 0) is 0 Å². The van der Waals surface area contributed by atoms with Gasteiger partial charge in [-0.3, -0.25) is 0 Å². The van der Waals surface area contributed by atoms with Crippen LogP contribution in [0.25, 0.3) is 0 Å². The first-order chi connectivity index (χ1) is 8.88. The van der Waals surface area contributed by atoms with Crippen molar-refractivity contribution < 1.29 is 9.47 Å². The summed E-state index contributed by atoms with van der Waals surface area (Å²) in [4.78, 5) is 4.23. The fraction of sp³-hybridized carbons (Fsp3) is 0.667. The molecule has 0 spiro atoms. The topological polar surface area (TPSA) is 31.4 Å². The second-order valence-electron chi connectivity index (χ2n) is 4.42. The quantitative estimate of drug-likeness (QED) is 0.583. The number of ether oxygens (including phenoxy) is 2. The lowest BCUT2D eigenvalue weighted by Crippen LogP contribution is -2.03. The van der Waals surface area contributed by atoms with E-state index in [0.717, 1.165) is 31.8 Å². The molecule has 0 unspecified atom stereocenters. The van der Waals surface area contributed by atoms with Crippen molar-refractivity contribution in [3.05, 3.63) is 18.3 Å². The lowest BCUT2D eigenvalue weighted by atomic mass is 10.3. The van der Waals surface area contributed by atoms with E-state index in [1.807, 2.05) is 12.1 Å². The van der Waals surface area contributed by atoms with Crippen molar-refractivity contribution >= 4 is 0 Å². The summed E-state index contributed by atoms with van der Waals surface area (Å²) in [5.41, 5.74) is 0. The summed E-state index contributed by atoms with van der Waals surface area (Å²) in [5, 5.41) is 0. The molecular formula is C15H25NO2. The minimum atomic E-state index is 0.630. The zero-order valence-electron chi connectivity index (χ0n) is 11.7. The number of hydrogen-bond acceptors (Lipinski definition) is 3. The van der Waals surface area contributed by atoms with E-state index in [0.29, 0.717) is 5.88 Å². The number of hydrogen-bond donors (Lipinski definition) is 0. The summed E-state index contributed by atoms with van der Waals surface area (Å²) in [5.74, 6) is 1.40. The molecule has 1 aromatic rings. The molecule has 18 heavy (non-hydrogen) atoms. The molecule has 3 heteroatoms. The second kappa shape index (κ2) is 9.75. The van der Waals surface area contributed by atoms with Gasteiger partial charge < -0.3 is 9.47 Å². The predicted octanol–water partition coefficient (Wildman–Crippen LogP) is 4.22. The van der Waals surface area contributed by atoms with Crippen LogP contribution in [0.3, 0.4) is 0 Å². The first-order valence-corrected chi connectivity index (χ1v) is 7.09. The van der Waals surface area contributed by atoms with Crippen LogP contribution in [-0.4, -0.2) is 18.2 Å². The van der Waals surface area contributed by atoms with Gasteiger partial charge in [0.2, 0.25) is 0 Å². The molecule has 0 aliphatic carbocycles. The van der Waals surface area contributed by atoms with Crippen molar-refractivity contribution in [2.75, 3.05) is 13.2 Å². The molecule has 0 fully saturated rings. The SMILES string of the molecule is CCCCCOc1cccnc1OCCCCC. The molecule has 0 atom stereocenters. The standard InChI is InChI=1S/C15H25NO2/c1-3-5-7-12-17-14-10-9-11-16-15(14)18-13-8-6-4-2/h9-11H,3-8,12-13H2,1-2H3. The molecule has 0 saturated heterocycles. The molecule has 0 aliphatic heterocycles. The minimum absolute atomic E-state index is 0.630. The van der Waals surface area contributed by atoms with Crippen LogP contribution in [0.5, 0.6) is 11.6 Å². The van der Waals surface area contributed by atoms with Crippen LogP contribution in [0.4, 0.5) is 0 Å². The van der Waals surface area contributed by atoms with Gasteiger partial charge in [0, 0.05) is 6.20 Å². The minimum Gasteiger partial charge on any atom is -0.488 e. The fourth-order valence-corrected chi connectivity index (χ4v) is 1.65. The van der Waals surface area contributed by atoms with Crippen LogP contribution in [0.2, 0.25) is 0 Å². The fourth-order valence-electron chi connectivity index (χ4n) is 1.65. The molecule has 1 heterocycles. The van der Waals surface area contributed by atoms with E-state index in [-0.39, 0.29) is 0 Å². The highest BCUT2D eigenvalue weighted by Crippen LogP contribution is 2.23. The lowest BCUT2D eigenvalue weighted by molar-refractivity contribution is 0.251. The first kappa shape index (κ1) is 14.8. The Morgan fingerprint density at radius 3 is 2.28 bits per heavy atom. The van der Waals surface area contributed by atoms with Gasteiger partial charge in [-0.15, -0.1) is 0 Å². The van der Waals surface area contributed by atoms with Crippen molar-refractivity contribution in [2.45, 2.75) is 52.4 Å². The highest BCUT2D eigenvalue weighted by atomic mass is 16.5. The molecule has 1 rings (SSSR count). The van der Waals surface area contributed by atoms with Crippen molar-refractivity contribution in [3.8, 4) is 11.6 Å². The molecule has 3 nitrogen and oxygen atoms in total. The monoisotopic (exact) mass is 251 g/mol. The van der Waals surface area contributed by atoms with Crippen LogP contribution in [0, 0.1) is 0 Å². The maximum Gasteiger partial charge on any atom is 0.256 e. The van der Waals surface area contributed by atoms with Gasteiger partial charge in [0.05, 0.1) is 13.2 Å². The maximum atomic E-state index is 5.71. The van der Waals surface area contributed by atoms with Gasteiger partial charge in [0.1, 0.15) is 0 Å². The van der Waals surface area contributed by atoms with Gasteiger partial charge in [-0.1, -0.05) is 39.5 Å². The Kier molecular flexibility index (Phi) is 8.02. The van der Waals surface area contributed by atoms with E-state index in [2.05, 4.69) is 18.8 Å². The van der Waals surface area contributed by atoms with Crippen molar-refractivity contribution in [1.82, 2.24) is 4.98 Å². The van der Waals surface area contributed by atoms with Crippen LogP contribution in [0.15, 0.2) is 18.3 Å². The summed E-state index contributed by atoms with van der Waals surface area (Å²) in [6.45, 7) is 5.83. The maximum absolute atomic E-state index is 5.71. The predicted molar refractivity (Wildman–Crippen MR) is 74.3 cm³/mol. The average Bonchev–Trinajstić information content (AvgIpc) is 2.41. The Morgan fingerprint density at radius 1 is 0.944 bits per heavy atom. The third-order valence-corrected chi connectivity index (χ3v) is 2.73. The zero-order valence-corrected chi connectivity index (χ0v) is 11.7. The average molecular weight is 251 g/mol. The van der Waals surface area contributed by atoms with Gasteiger partial charge in [-0.05, 0) is 25.0 Å². The molecule has 1 aromatic heterocycles. The Morgan fingerprint density at radius 2 is 1.61 bits per heavy atom. The molecule has 0 saturated carbocycles. The molecule has 0 bridgehead atoms. The van der Waals surface area contributed by atoms with E-state index in [9.17, 15) is 0 Å². The molecule has 0 amide bonds. The van der Waals surface area contributed by atoms with Crippen LogP contribution < -0.4 is 9.47 Å². The third-order valence-electron chi connectivity index (χ3n) is 2.73. The van der Waals surface area contributed by atoms with Gasteiger partial charge in [0.25, 0.3) is 5.88 Å². The molecule has 102 valence electrons. The lowest BCUT2D eigenvalue weighted by Gasteiger charge is -2.11. The number of nitrogens with zero attached hydrogens (tertiary/aromatic N) is 1. The summed E-state index contributed by atoms with van der Waals surface area (Å²) in [7, 11) is 0. The van der Waals surface area contributed by atoms with E-state index >= 15 is 0 Å². The summed E-state index contributed by atoms with van der Waals surface area (Å²) in [6, 6.07) is 3.81. The van der Waals surface area contributed by atoms with E-state index < -0.39 is 0 Å². The number of pyridine rings is 1. The molecule has 0 aliphatic rings. The van der Waals surface area contributed by atoms with Crippen LogP contribution in [0.1, 0.15) is 52.4 Å². The normalized spacial score (nSPS) is 10.3. The number of rotatable bonds is 10. The van der Waals surface area contributed by atoms with Crippen LogP contribution >= 0.6 is 0 Å². The van der Waals surface area contributed by atoms with Crippen molar-refractivity contribution in [2.24, 2.45) is 0 Å². The zero-order chi connectivity index (χ0) is 13.1. The van der Waals surface area contributed by atoms with Gasteiger partial charge in [-0.25, -0.2) is 4.98 Å². The molecule has 0 aromatic carbocycles. The van der Waals surface area contributed by atoms with Crippen molar-refractivity contribution in [3.63, 3.8) is 0 Å². The second-order valence-corrected chi connectivity index (χ2v) is 4.42. The Bertz CT molecular complexity index is 284. The molecule has 0 N–H and O–H groups in total. The molecular weight excluding hydrogens is 226 g/mol. The Labute approximate surface area is 111 Å². The Balaban J connectivity index is 2.36. The highest BCUT2D eigenvalue weighted by Gasteiger charge is 2.05. The first-order valence-electron chi connectivity index (χ1n) is 7.09. The van der Waals surface area contributed by atoms with E-state index in [1.54, 1.807) is 6.20 Å². The number of unbranched alkanes of at least 4 members (excludes halogenated alkanes) is 4. The molecule has 0 radical (unpaired) electrons. The Hall–Kier alpha value is -1.25. The van der Waals surface area contributed by atoms with Gasteiger partial charge >= 0.3 is 0 Å². The van der Waals surface area contributed by atoms with E-state index in [1.165, 1.54) is 25.7 Å².